The van der Waals surface area contributed by atoms with Gasteiger partial charge in [-0.25, -0.2) is 4.79 Å². The van der Waals surface area contributed by atoms with E-state index in [2.05, 4.69) is 5.32 Å². The zero-order valence-corrected chi connectivity index (χ0v) is 12.1. The van der Waals surface area contributed by atoms with Crippen LogP contribution in [0.15, 0.2) is 36.4 Å². The fraction of sp³-hybridized carbons (Fsp3) is 0. The van der Waals surface area contributed by atoms with Crippen LogP contribution in [0.4, 0.5) is 11.4 Å². The minimum Gasteiger partial charge on any atom is -0.478 e. The summed E-state index contributed by atoms with van der Waals surface area (Å²) < 4.78 is 0. The summed E-state index contributed by atoms with van der Waals surface area (Å²) in [6, 6.07) is 9.18. The number of nitrogens with one attached hydrogen (secondary N) is 1. The molecule has 0 aliphatic rings. The number of aromatic carboxylic acids is 1. The zero-order chi connectivity index (χ0) is 15.6. The number of carboxylic acids is 1. The summed E-state index contributed by atoms with van der Waals surface area (Å²) in [6.07, 6.45) is 0. The Kier molecular flexibility index (Phi) is 4.35. The van der Waals surface area contributed by atoms with Crippen molar-refractivity contribution >= 4 is 46.5 Å². The van der Waals surface area contributed by atoms with Crippen molar-refractivity contribution in [2.45, 2.75) is 0 Å². The number of carbonyl (C=O) groups is 2. The number of halogens is 2. The van der Waals surface area contributed by atoms with Crippen LogP contribution in [0.2, 0.25) is 10.0 Å². The lowest BCUT2D eigenvalue weighted by Gasteiger charge is -2.12. The lowest BCUT2D eigenvalue weighted by molar-refractivity contribution is 0.0697. The first-order chi connectivity index (χ1) is 9.90. The fourth-order valence-corrected chi connectivity index (χ4v) is 2.27. The average Bonchev–Trinajstić information content (AvgIpc) is 2.40. The number of hydrogen-bond acceptors (Lipinski definition) is 3. The van der Waals surface area contributed by atoms with Crippen molar-refractivity contribution in [3.05, 3.63) is 57.6 Å². The molecule has 0 aromatic heterocycles. The minimum atomic E-state index is -1.15. The van der Waals surface area contributed by atoms with Gasteiger partial charge in [0.2, 0.25) is 0 Å². The first-order valence-electron chi connectivity index (χ1n) is 5.78. The second-order valence-corrected chi connectivity index (χ2v) is 4.97. The first-order valence-corrected chi connectivity index (χ1v) is 6.54. The van der Waals surface area contributed by atoms with Gasteiger partial charge in [-0.3, -0.25) is 4.79 Å². The molecule has 0 bridgehead atoms. The van der Waals surface area contributed by atoms with Gasteiger partial charge in [-0.05, 0) is 30.3 Å². The summed E-state index contributed by atoms with van der Waals surface area (Å²) >= 11 is 11.7. The molecule has 21 heavy (non-hydrogen) atoms. The summed E-state index contributed by atoms with van der Waals surface area (Å²) in [5.74, 6) is -1.83. The van der Waals surface area contributed by atoms with E-state index in [1.54, 1.807) is 18.2 Å². The lowest BCUT2D eigenvalue weighted by Crippen LogP contribution is -2.14. The van der Waals surface area contributed by atoms with Crippen LogP contribution in [0.3, 0.4) is 0 Å². The third-order valence-electron chi connectivity index (χ3n) is 2.74. The third kappa shape index (κ3) is 3.26. The number of anilines is 2. The summed E-state index contributed by atoms with van der Waals surface area (Å²) in [5.41, 5.74) is 6.20. The van der Waals surface area contributed by atoms with Crippen LogP contribution in [-0.4, -0.2) is 17.0 Å². The molecule has 0 fully saturated rings. The molecule has 2 rings (SSSR count). The summed E-state index contributed by atoms with van der Waals surface area (Å²) in [7, 11) is 0. The largest absolute Gasteiger partial charge is 0.478 e. The molecule has 0 aliphatic carbocycles. The third-order valence-corrected chi connectivity index (χ3v) is 3.38. The number of benzene rings is 2. The van der Waals surface area contributed by atoms with Crippen molar-refractivity contribution < 1.29 is 14.7 Å². The lowest BCUT2D eigenvalue weighted by atomic mass is 10.1. The second kappa shape index (κ2) is 6.03. The summed E-state index contributed by atoms with van der Waals surface area (Å²) in [4.78, 5) is 22.5. The average molecular weight is 325 g/mol. The molecular formula is C14H10Cl2N2O3. The number of rotatable bonds is 4. The van der Waals surface area contributed by atoms with E-state index in [0.717, 1.165) is 0 Å². The number of hydrogen-bond donors (Lipinski definition) is 3. The van der Waals surface area contributed by atoms with Crippen molar-refractivity contribution in [2.24, 2.45) is 5.73 Å². The highest BCUT2D eigenvalue weighted by Gasteiger charge is 2.14. The number of amides is 1. The molecule has 2 aromatic rings. The van der Waals surface area contributed by atoms with Crippen molar-refractivity contribution in [1.29, 1.82) is 0 Å². The second-order valence-electron chi connectivity index (χ2n) is 4.15. The molecule has 0 radical (unpaired) electrons. The topological polar surface area (TPSA) is 92.4 Å². The summed E-state index contributed by atoms with van der Waals surface area (Å²) in [5, 5.41) is 12.3. The van der Waals surface area contributed by atoms with Crippen LogP contribution < -0.4 is 11.1 Å². The SMILES string of the molecule is NC(=O)c1c(Cl)cccc1Nc1ccc(Cl)c(C(=O)O)c1. The maximum atomic E-state index is 11.4. The predicted octanol–water partition coefficient (Wildman–Crippen LogP) is 3.53. The van der Waals surface area contributed by atoms with Crippen molar-refractivity contribution in [3.63, 3.8) is 0 Å². The molecule has 0 unspecified atom stereocenters. The van der Waals surface area contributed by atoms with Crippen LogP contribution in [0, 0.1) is 0 Å². The van der Waals surface area contributed by atoms with E-state index in [4.69, 9.17) is 34.0 Å². The molecule has 4 N–H and O–H groups in total. The van der Waals surface area contributed by atoms with E-state index >= 15 is 0 Å². The highest BCUT2D eigenvalue weighted by Crippen LogP contribution is 2.28. The fourth-order valence-electron chi connectivity index (χ4n) is 1.80. The van der Waals surface area contributed by atoms with Gasteiger partial charge in [0.15, 0.2) is 0 Å². The van der Waals surface area contributed by atoms with E-state index in [9.17, 15) is 9.59 Å². The molecule has 2 aromatic carbocycles. The van der Waals surface area contributed by atoms with Gasteiger partial charge in [-0.1, -0.05) is 29.3 Å². The Bertz CT molecular complexity index is 732. The van der Waals surface area contributed by atoms with Crippen molar-refractivity contribution in [1.82, 2.24) is 0 Å². The molecule has 0 atom stereocenters. The Morgan fingerprint density at radius 1 is 1.10 bits per heavy atom. The molecule has 0 heterocycles. The van der Waals surface area contributed by atoms with E-state index in [1.807, 2.05) is 0 Å². The van der Waals surface area contributed by atoms with Gasteiger partial charge in [0.25, 0.3) is 5.91 Å². The van der Waals surface area contributed by atoms with E-state index in [-0.39, 0.29) is 21.2 Å². The van der Waals surface area contributed by atoms with Gasteiger partial charge >= 0.3 is 5.97 Å². The van der Waals surface area contributed by atoms with Crippen LogP contribution in [-0.2, 0) is 0 Å². The number of carbonyl (C=O) groups excluding carboxylic acids is 1. The van der Waals surface area contributed by atoms with Gasteiger partial charge in [0, 0.05) is 5.69 Å². The highest BCUT2D eigenvalue weighted by atomic mass is 35.5. The maximum Gasteiger partial charge on any atom is 0.337 e. The van der Waals surface area contributed by atoms with Crippen LogP contribution in [0.25, 0.3) is 0 Å². The van der Waals surface area contributed by atoms with Crippen LogP contribution in [0.5, 0.6) is 0 Å². The van der Waals surface area contributed by atoms with Gasteiger partial charge < -0.3 is 16.2 Å². The molecule has 0 saturated heterocycles. The molecule has 1 amide bonds. The van der Waals surface area contributed by atoms with Gasteiger partial charge in [0.1, 0.15) is 0 Å². The predicted molar refractivity (Wildman–Crippen MR) is 81.7 cm³/mol. The Hall–Kier alpha value is -2.24. The normalized spacial score (nSPS) is 10.2. The molecule has 0 aliphatic heterocycles. The molecule has 7 heteroatoms. The number of primary amides is 1. The van der Waals surface area contributed by atoms with Crippen molar-refractivity contribution in [3.8, 4) is 0 Å². The van der Waals surface area contributed by atoms with Gasteiger partial charge in [-0.2, -0.15) is 0 Å². The first kappa shape index (κ1) is 15.2. The van der Waals surface area contributed by atoms with E-state index in [1.165, 1.54) is 18.2 Å². The molecule has 108 valence electrons. The monoisotopic (exact) mass is 324 g/mol. The van der Waals surface area contributed by atoms with E-state index < -0.39 is 11.9 Å². The zero-order valence-electron chi connectivity index (χ0n) is 10.6. The number of nitrogens with two attached hydrogens (primary N) is 1. The molecule has 0 saturated carbocycles. The smallest absolute Gasteiger partial charge is 0.337 e. The highest BCUT2D eigenvalue weighted by molar-refractivity contribution is 6.34. The van der Waals surface area contributed by atoms with E-state index in [0.29, 0.717) is 11.4 Å². The molecular weight excluding hydrogens is 315 g/mol. The standard InChI is InChI=1S/C14H10Cl2N2O3/c15-9-5-4-7(6-8(9)14(20)21)18-11-3-1-2-10(16)12(11)13(17)19/h1-6,18H,(H2,17,19)(H,20,21). The summed E-state index contributed by atoms with van der Waals surface area (Å²) in [6.45, 7) is 0. The molecule has 5 nitrogen and oxygen atoms in total. The van der Waals surface area contributed by atoms with Crippen LogP contribution in [0.1, 0.15) is 20.7 Å². The Morgan fingerprint density at radius 3 is 2.43 bits per heavy atom. The van der Waals surface area contributed by atoms with Gasteiger partial charge in [0.05, 0.1) is 26.9 Å². The van der Waals surface area contributed by atoms with Crippen molar-refractivity contribution in [2.75, 3.05) is 5.32 Å². The van der Waals surface area contributed by atoms with Gasteiger partial charge in [-0.15, -0.1) is 0 Å². The Labute approximate surface area is 130 Å². The maximum absolute atomic E-state index is 11.4. The Balaban J connectivity index is 2.44. The molecule has 0 spiro atoms. The quantitative estimate of drug-likeness (QED) is 0.802. The Morgan fingerprint density at radius 2 is 1.81 bits per heavy atom. The minimum absolute atomic E-state index is 0.0516. The number of carboxylic acid groups (broad SMARTS) is 1. The van der Waals surface area contributed by atoms with Crippen LogP contribution >= 0.6 is 23.2 Å².